The van der Waals surface area contributed by atoms with Crippen LogP contribution in [0.2, 0.25) is 0 Å². The summed E-state index contributed by atoms with van der Waals surface area (Å²) >= 11 is 0. The maximum absolute atomic E-state index is 10.7. The highest BCUT2D eigenvalue weighted by atomic mass is 16.5. The van der Waals surface area contributed by atoms with E-state index in [1.165, 1.54) is 0 Å². The standard InChI is InChI=1S/C10H12O3/c1-13-7-3-5-8-4-2-6-9(8)10(11)12/h2,4,6-7H2,1H3,(H,11,12). The summed E-state index contributed by atoms with van der Waals surface area (Å²) in [4.78, 5) is 10.7. The van der Waals surface area contributed by atoms with Gasteiger partial charge in [-0.15, -0.1) is 0 Å². The summed E-state index contributed by atoms with van der Waals surface area (Å²) in [5.41, 5.74) is 1.24. The Balaban J connectivity index is 2.72. The normalized spacial score (nSPS) is 15.5. The number of ether oxygens (including phenoxy) is 1. The lowest BCUT2D eigenvalue weighted by molar-refractivity contribution is -0.132. The fourth-order valence-electron chi connectivity index (χ4n) is 1.33. The van der Waals surface area contributed by atoms with E-state index in [9.17, 15) is 4.79 Å². The predicted molar refractivity (Wildman–Crippen MR) is 48.2 cm³/mol. The van der Waals surface area contributed by atoms with Crippen LogP contribution in [0.1, 0.15) is 19.3 Å². The van der Waals surface area contributed by atoms with Crippen LogP contribution in [-0.4, -0.2) is 24.8 Å². The van der Waals surface area contributed by atoms with E-state index in [1.54, 1.807) is 7.11 Å². The number of carboxylic acid groups (broad SMARTS) is 1. The van der Waals surface area contributed by atoms with Gasteiger partial charge in [-0.1, -0.05) is 11.8 Å². The molecule has 13 heavy (non-hydrogen) atoms. The van der Waals surface area contributed by atoms with Crippen molar-refractivity contribution >= 4 is 5.97 Å². The van der Waals surface area contributed by atoms with Crippen LogP contribution in [0.3, 0.4) is 0 Å². The molecule has 0 aliphatic heterocycles. The van der Waals surface area contributed by atoms with Crippen molar-refractivity contribution in [3.8, 4) is 11.8 Å². The summed E-state index contributed by atoms with van der Waals surface area (Å²) in [6.07, 6.45) is 2.34. The van der Waals surface area contributed by atoms with Crippen molar-refractivity contribution in [1.82, 2.24) is 0 Å². The highest BCUT2D eigenvalue weighted by Gasteiger charge is 2.18. The first kappa shape index (κ1) is 9.82. The molecule has 70 valence electrons. The monoisotopic (exact) mass is 180 g/mol. The number of methoxy groups -OCH3 is 1. The van der Waals surface area contributed by atoms with Gasteiger partial charge in [0.1, 0.15) is 6.61 Å². The van der Waals surface area contributed by atoms with Crippen molar-refractivity contribution in [3.05, 3.63) is 11.1 Å². The van der Waals surface area contributed by atoms with Gasteiger partial charge in [-0.3, -0.25) is 0 Å². The quantitative estimate of drug-likeness (QED) is 0.649. The Morgan fingerprint density at radius 3 is 3.00 bits per heavy atom. The van der Waals surface area contributed by atoms with E-state index >= 15 is 0 Å². The number of aliphatic carboxylic acids is 1. The van der Waals surface area contributed by atoms with Crippen LogP contribution in [0.15, 0.2) is 11.1 Å². The molecule has 0 aromatic rings. The molecular formula is C10H12O3. The highest BCUT2D eigenvalue weighted by Crippen LogP contribution is 2.25. The van der Waals surface area contributed by atoms with E-state index in [1.807, 2.05) is 0 Å². The third-order valence-electron chi connectivity index (χ3n) is 1.93. The molecule has 0 spiro atoms. The lowest BCUT2D eigenvalue weighted by Gasteiger charge is -1.93. The van der Waals surface area contributed by atoms with Crippen molar-refractivity contribution in [2.75, 3.05) is 13.7 Å². The molecule has 0 saturated carbocycles. The molecule has 0 atom stereocenters. The molecule has 0 saturated heterocycles. The lowest BCUT2D eigenvalue weighted by Crippen LogP contribution is -1.99. The van der Waals surface area contributed by atoms with E-state index in [0.717, 1.165) is 18.4 Å². The third-order valence-corrected chi connectivity index (χ3v) is 1.93. The summed E-state index contributed by atoms with van der Waals surface area (Å²) in [6.45, 7) is 0.358. The first-order chi connectivity index (χ1) is 6.25. The predicted octanol–water partition coefficient (Wildman–Crippen LogP) is 1.20. The van der Waals surface area contributed by atoms with Crippen LogP contribution in [0.4, 0.5) is 0 Å². The zero-order chi connectivity index (χ0) is 9.68. The Morgan fingerprint density at radius 1 is 1.62 bits per heavy atom. The smallest absolute Gasteiger partial charge is 0.332 e. The average Bonchev–Trinajstić information content (AvgIpc) is 2.53. The van der Waals surface area contributed by atoms with Gasteiger partial charge in [0.25, 0.3) is 0 Å². The number of rotatable bonds is 2. The van der Waals surface area contributed by atoms with Gasteiger partial charge in [-0.2, -0.15) is 0 Å². The SMILES string of the molecule is COCC#CC1=C(C(=O)O)CCC1. The topological polar surface area (TPSA) is 46.5 Å². The Bertz CT molecular complexity index is 291. The first-order valence-electron chi connectivity index (χ1n) is 4.19. The van der Waals surface area contributed by atoms with Crippen molar-refractivity contribution in [2.45, 2.75) is 19.3 Å². The zero-order valence-electron chi connectivity index (χ0n) is 7.59. The van der Waals surface area contributed by atoms with Gasteiger partial charge in [0.2, 0.25) is 0 Å². The van der Waals surface area contributed by atoms with Crippen molar-refractivity contribution < 1.29 is 14.6 Å². The number of hydrogen-bond acceptors (Lipinski definition) is 2. The van der Waals surface area contributed by atoms with E-state index < -0.39 is 5.97 Å². The van der Waals surface area contributed by atoms with E-state index in [2.05, 4.69) is 11.8 Å². The second-order valence-electron chi connectivity index (χ2n) is 2.85. The van der Waals surface area contributed by atoms with Crippen molar-refractivity contribution in [3.63, 3.8) is 0 Å². The summed E-state index contributed by atoms with van der Waals surface area (Å²) in [7, 11) is 1.57. The average molecular weight is 180 g/mol. The third kappa shape index (κ3) is 2.60. The molecule has 0 aromatic heterocycles. The Hall–Kier alpha value is -1.27. The molecule has 1 N–H and O–H groups in total. The lowest BCUT2D eigenvalue weighted by atomic mass is 10.1. The van der Waals surface area contributed by atoms with Crippen LogP contribution in [-0.2, 0) is 9.53 Å². The van der Waals surface area contributed by atoms with E-state index in [0.29, 0.717) is 18.6 Å². The second kappa shape index (κ2) is 4.68. The molecular weight excluding hydrogens is 168 g/mol. The molecule has 1 aliphatic rings. The fraction of sp³-hybridized carbons (Fsp3) is 0.500. The minimum Gasteiger partial charge on any atom is -0.478 e. The molecule has 0 radical (unpaired) electrons. The van der Waals surface area contributed by atoms with Crippen molar-refractivity contribution in [1.29, 1.82) is 0 Å². The molecule has 0 amide bonds. The highest BCUT2D eigenvalue weighted by molar-refractivity contribution is 5.89. The number of carbonyl (C=O) groups is 1. The van der Waals surface area contributed by atoms with Crippen LogP contribution in [0.25, 0.3) is 0 Å². The number of allylic oxidation sites excluding steroid dienone is 1. The van der Waals surface area contributed by atoms with Crippen LogP contribution in [0, 0.1) is 11.8 Å². The molecule has 0 unspecified atom stereocenters. The minimum absolute atomic E-state index is 0.358. The molecule has 0 aromatic carbocycles. The van der Waals surface area contributed by atoms with Gasteiger partial charge in [-0.05, 0) is 19.3 Å². The summed E-state index contributed by atoms with van der Waals surface area (Å²) < 4.78 is 4.75. The van der Waals surface area contributed by atoms with Gasteiger partial charge in [0.05, 0.1) is 0 Å². The van der Waals surface area contributed by atoms with Crippen LogP contribution in [0.5, 0.6) is 0 Å². The number of hydrogen-bond donors (Lipinski definition) is 1. The van der Waals surface area contributed by atoms with Gasteiger partial charge in [0, 0.05) is 18.3 Å². The Labute approximate surface area is 77.4 Å². The fourth-order valence-corrected chi connectivity index (χ4v) is 1.33. The summed E-state index contributed by atoms with van der Waals surface area (Å²) in [5.74, 6) is 4.77. The molecule has 1 rings (SSSR count). The molecule has 0 heterocycles. The van der Waals surface area contributed by atoms with Gasteiger partial charge < -0.3 is 9.84 Å². The Morgan fingerprint density at radius 2 is 2.38 bits per heavy atom. The van der Waals surface area contributed by atoms with Gasteiger partial charge in [-0.25, -0.2) is 4.79 Å². The largest absolute Gasteiger partial charge is 0.478 e. The molecule has 0 bridgehead atoms. The van der Waals surface area contributed by atoms with Gasteiger partial charge >= 0.3 is 5.97 Å². The molecule has 1 aliphatic carbocycles. The maximum Gasteiger partial charge on any atom is 0.332 e. The Kier molecular flexibility index (Phi) is 3.53. The maximum atomic E-state index is 10.7. The first-order valence-corrected chi connectivity index (χ1v) is 4.19. The molecule has 3 heteroatoms. The van der Waals surface area contributed by atoms with Crippen molar-refractivity contribution in [2.24, 2.45) is 0 Å². The summed E-state index contributed by atoms with van der Waals surface area (Å²) in [6, 6.07) is 0. The zero-order valence-corrected chi connectivity index (χ0v) is 7.59. The van der Waals surface area contributed by atoms with Crippen LogP contribution >= 0.6 is 0 Å². The minimum atomic E-state index is -0.834. The molecule has 3 nitrogen and oxygen atoms in total. The van der Waals surface area contributed by atoms with Crippen LogP contribution < -0.4 is 0 Å². The van der Waals surface area contributed by atoms with E-state index in [-0.39, 0.29) is 0 Å². The van der Waals surface area contributed by atoms with Gasteiger partial charge in [0.15, 0.2) is 0 Å². The molecule has 0 fully saturated rings. The summed E-state index contributed by atoms with van der Waals surface area (Å²) in [5, 5.41) is 8.78. The number of carboxylic acids is 1. The van der Waals surface area contributed by atoms with E-state index in [4.69, 9.17) is 9.84 Å². The second-order valence-corrected chi connectivity index (χ2v) is 2.85.